The predicted molar refractivity (Wildman–Crippen MR) is 72.2 cm³/mol. The molecule has 2 aromatic rings. The van der Waals surface area contributed by atoms with E-state index in [1.807, 2.05) is 23.1 Å². The van der Waals surface area contributed by atoms with E-state index >= 15 is 0 Å². The molecule has 1 atom stereocenters. The third-order valence-electron chi connectivity index (χ3n) is 3.97. The van der Waals surface area contributed by atoms with Crippen LogP contribution in [0.2, 0.25) is 0 Å². The molecular formula is C15H18FN3. The van der Waals surface area contributed by atoms with Crippen molar-refractivity contribution in [1.29, 1.82) is 0 Å². The van der Waals surface area contributed by atoms with Crippen molar-refractivity contribution in [2.24, 2.45) is 5.73 Å². The summed E-state index contributed by atoms with van der Waals surface area (Å²) >= 11 is 0. The molecule has 0 fully saturated rings. The molecule has 3 rings (SSSR count). The monoisotopic (exact) mass is 259 g/mol. The summed E-state index contributed by atoms with van der Waals surface area (Å²) in [6.07, 6.45) is 6.38. The second kappa shape index (κ2) is 4.46. The Bertz CT molecular complexity index is 605. The Labute approximate surface area is 112 Å². The number of nitrogens with zero attached hydrogens (tertiary/aromatic N) is 2. The minimum absolute atomic E-state index is 0.179. The fraction of sp³-hybridized carbons (Fsp3) is 0.400. The maximum atomic E-state index is 13.2. The Morgan fingerprint density at radius 3 is 3.05 bits per heavy atom. The molecule has 0 aliphatic heterocycles. The van der Waals surface area contributed by atoms with Crippen LogP contribution < -0.4 is 5.73 Å². The van der Waals surface area contributed by atoms with Crippen LogP contribution in [0.4, 0.5) is 4.39 Å². The molecule has 0 bridgehead atoms. The molecule has 0 amide bonds. The molecular weight excluding hydrogens is 241 g/mol. The van der Waals surface area contributed by atoms with Gasteiger partial charge in [0.1, 0.15) is 5.82 Å². The number of nitrogens with two attached hydrogens (primary N) is 1. The van der Waals surface area contributed by atoms with E-state index in [1.165, 1.54) is 6.07 Å². The van der Waals surface area contributed by atoms with Crippen LogP contribution >= 0.6 is 0 Å². The SMILES string of the molecule is CCn1cc(CC2(N)CCc3cc(F)ccc32)cn1. The largest absolute Gasteiger partial charge is 0.321 e. The molecule has 0 saturated carbocycles. The molecule has 1 aromatic heterocycles. The quantitative estimate of drug-likeness (QED) is 0.919. The second-order valence-electron chi connectivity index (χ2n) is 5.34. The summed E-state index contributed by atoms with van der Waals surface area (Å²) in [5, 5.41) is 4.28. The van der Waals surface area contributed by atoms with E-state index in [0.29, 0.717) is 0 Å². The maximum Gasteiger partial charge on any atom is 0.123 e. The van der Waals surface area contributed by atoms with Gasteiger partial charge in [-0.3, -0.25) is 4.68 Å². The number of fused-ring (bicyclic) bond motifs is 1. The highest BCUT2D eigenvalue weighted by Gasteiger charge is 2.35. The molecule has 0 spiro atoms. The van der Waals surface area contributed by atoms with Crippen LogP contribution in [0.25, 0.3) is 0 Å². The molecule has 1 aliphatic carbocycles. The van der Waals surface area contributed by atoms with E-state index in [0.717, 1.165) is 42.5 Å². The van der Waals surface area contributed by atoms with Gasteiger partial charge in [-0.15, -0.1) is 0 Å². The summed E-state index contributed by atoms with van der Waals surface area (Å²) in [5.41, 5.74) is 9.43. The van der Waals surface area contributed by atoms with E-state index in [1.54, 1.807) is 6.07 Å². The number of benzene rings is 1. The van der Waals surface area contributed by atoms with Crippen molar-refractivity contribution in [3.05, 3.63) is 53.1 Å². The van der Waals surface area contributed by atoms with Gasteiger partial charge in [-0.05, 0) is 55.0 Å². The van der Waals surface area contributed by atoms with Crippen molar-refractivity contribution in [1.82, 2.24) is 9.78 Å². The van der Waals surface area contributed by atoms with Crippen molar-refractivity contribution in [3.8, 4) is 0 Å². The van der Waals surface area contributed by atoms with E-state index in [2.05, 4.69) is 12.0 Å². The molecule has 3 nitrogen and oxygen atoms in total. The molecule has 1 heterocycles. The topological polar surface area (TPSA) is 43.8 Å². The maximum absolute atomic E-state index is 13.2. The van der Waals surface area contributed by atoms with Gasteiger partial charge in [0.15, 0.2) is 0 Å². The molecule has 1 aromatic carbocycles. The van der Waals surface area contributed by atoms with Gasteiger partial charge in [0.05, 0.1) is 6.20 Å². The minimum Gasteiger partial charge on any atom is -0.321 e. The van der Waals surface area contributed by atoms with Gasteiger partial charge in [0.25, 0.3) is 0 Å². The average Bonchev–Trinajstić information content (AvgIpc) is 2.95. The molecule has 100 valence electrons. The third-order valence-corrected chi connectivity index (χ3v) is 3.97. The van der Waals surface area contributed by atoms with Gasteiger partial charge < -0.3 is 5.73 Å². The summed E-state index contributed by atoms with van der Waals surface area (Å²) in [6.45, 7) is 2.92. The number of aromatic nitrogens is 2. The Morgan fingerprint density at radius 2 is 2.32 bits per heavy atom. The number of hydrogen-bond acceptors (Lipinski definition) is 2. The number of rotatable bonds is 3. The zero-order valence-corrected chi connectivity index (χ0v) is 11.1. The summed E-state index contributed by atoms with van der Waals surface area (Å²) < 4.78 is 15.1. The number of aryl methyl sites for hydroxylation is 2. The third kappa shape index (κ3) is 2.16. The zero-order valence-electron chi connectivity index (χ0n) is 11.1. The van der Waals surface area contributed by atoms with Crippen molar-refractivity contribution >= 4 is 0 Å². The lowest BCUT2D eigenvalue weighted by Crippen LogP contribution is -2.36. The number of halogens is 1. The van der Waals surface area contributed by atoms with Gasteiger partial charge in [0.2, 0.25) is 0 Å². The zero-order chi connectivity index (χ0) is 13.5. The molecule has 19 heavy (non-hydrogen) atoms. The lowest BCUT2D eigenvalue weighted by Gasteiger charge is -2.24. The van der Waals surface area contributed by atoms with Gasteiger partial charge in [-0.1, -0.05) is 6.07 Å². The van der Waals surface area contributed by atoms with Crippen LogP contribution in [0.1, 0.15) is 30.0 Å². The standard InChI is InChI=1S/C15H18FN3/c1-2-19-10-11(9-18-19)8-15(17)6-5-12-7-13(16)3-4-14(12)15/h3-4,7,9-10H,2,5-6,8,17H2,1H3. The van der Waals surface area contributed by atoms with Crippen molar-refractivity contribution in [2.45, 2.75) is 38.3 Å². The summed E-state index contributed by atoms with van der Waals surface area (Å²) in [7, 11) is 0. The molecule has 4 heteroatoms. The van der Waals surface area contributed by atoms with E-state index in [9.17, 15) is 4.39 Å². The fourth-order valence-electron chi connectivity index (χ4n) is 2.97. The summed E-state index contributed by atoms with van der Waals surface area (Å²) in [4.78, 5) is 0. The van der Waals surface area contributed by atoms with Crippen molar-refractivity contribution in [2.75, 3.05) is 0 Å². The van der Waals surface area contributed by atoms with Crippen LogP contribution in [-0.4, -0.2) is 9.78 Å². The first-order valence-corrected chi connectivity index (χ1v) is 6.70. The average molecular weight is 259 g/mol. The lowest BCUT2D eigenvalue weighted by atomic mass is 9.87. The normalized spacial score (nSPS) is 21.6. The second-order valence-corrected chi connectivity index (χ2v) is 5.34. The summed E-state index contributed by atoms with van der Waals surface area (Å²) in [5.74, 6) is -0.179. The minimum atomic E-state index is -0.384. The molecule has 0 saturated heterocycles. The lowest BCUT2D eigenvalue weighted by molar-refractivity contribution is 0.438. The summed E-state index contributed by atoms with van der Waals surface area (Å²) in [6, 6.07) is 4.95. The highest BCUT2D eigenvalue weighted by molar-refractivity contribution is 5.40. The predicted octanol–water partition coefficient (Wildman–Crippen LogP) is 2.39. The fourth-order valence-corrected chi connectivity index (χ4v) is 2.97. The van der Waals surface area contributed by atoms with Crippen molar-refractivity contribution < 1.29 is 4.39 Å². The molecule has 2 N–H and O–H groups in total. The van der Waals surface area contributed by atoms with E-state index in [-0.39, 0.29) is 11.4 Å². The van der Waals surface area contributed by atoms with Crippen LogP contribution in [0.5, 0.6) is 0 Å². The number of hydrogen-bond donors (Lipinski definition) is 1. The molecule has 1 unspecified atom stereocenters. The van der Waals surface area contributed by atoms with Crippen LogP contribution in [-0.2, 0) is 24.9 Å². The highest BCUT2D eigenvalue weighted by Crippen LogP contribution is 2.37. The van der Waals surface area contributed by atoms with E-state index < -0.39 is 0 Å². The highest BCUT2D eigenvalue weighted by atomic mass is 19.1. The molecule has 0 radical (unpaired) electrons. The first-order valence-electron chi connectivity index (χ1n) is 6.70. The van der Waals surface area contributed by atoms with Gasteiger partial charge in [-0.2, -0.15) is 5.10 Å². The Morgan fingerprint density at radius 1 is 1.47 bits per heavy atom. The smallest absolute Gasteiger partial charge is 0.123 e. The van der Waals surface area contributed by atoms with E-state index in [4.69, 9.17) is 5.73 Å². The Hall–Kier alpha value is -1.68. The van der Waals surface area contributed by atoms with Gasteiger partial charge >= 0.3 is 0 Å². The Kier molecular flexibility index (Phi) is 2.90. The van der Waals surface area contributed by atoms with Gasteiger partial charge in [-0.25, -0.2) is 4.39 Å². The first kappa shape index (κ1) is 12.4. The van der Waals surface area contributed by atoms with Crippen LogP contribution in [0.3, 0.4) is 0 Å². The van der Waals surface area contributed by atoms with Crippen molar-refractivity contribution in [3.63, 3.8) is 0 Å². The van der Waals surface area contributed by atoms with Crippen LogP contribution in [0.15, 0.2) is 30.6 Å². The Balaban J connectivity index is 1.89. The molecule has 1 aliphatic rings. The first-order chi connectivity index (χ1) is 9.10. The van der Waals surface area contributed by atoms with Gasteiger partial charge in [0, 0.05) is 18.3 Å². The van der Waals surface area contributed by atoms with Crippen LogP contribution in [0, 0.1) is 5.82 Å².